The number of carbonyl (C=O) groups is 1. The number of pyridine rings is 1. The zero-order valence-electron chi connectivity index (χ0n) is 15.6. The lowest BCUT2D eigenvalue weighted by atomic mass is 10.1. The first-order chi connectivity index (χ1) is 12.2. The zero-order chi connectivity index (χ0) is 18.2. The molecule has 25 heavy (non-hydrogen) atoms. The predicted molar refractivity (Wildman–Crippen MR) is 104 cm³/mol. The summed E-state index contributed by atoms with van der Waals surface area (Å²) in [6, 6.07) is 5.70. The summed E-state index contributed by atoms with van der Waals surface area (Å²) in [5, 5.41) is 2.85. The molecule has 0 aliphatic carbocycles. The van der Waals surface area contributed by atoms with E-state index in [2.05, 4.69) is 30.2 Å². The molecule has 0 aliphatic rings. The van der Waals surface area contributed by atoms with Gasteiger partial charge in [-0.2, -0.15) is 0 Å². The van der Waals surface area contributed by atoms with Crippen molar-refractivity contribution in [3.63, 3.8) is 0 Å². The topological polar surface area (TPSA) is 51.2 Å². The fourth-order valence-electron chi connectivity index (χ4n) is 2.19. The van der Waals surface area contributed by atoms with Crippen LogP contribution >= 0.6 is 0 Å². The lowest BCUT2D eigenvalue weighted by molar-refractivity contribution is -0.116. The van der Waals surface area contributed by atoms with Gasteiger partial charge in [-0.25, -0.2) is 4.98 Å². The zero-order valence-corrected chi connectivity index (χ0v) is 15.6. The van der Waals surface area contributed by atoms with Crippen molar-refractivity contribution in [3.05, 3.63) is 48.7 Å². The number of ether oxygens (including phenoxy) is 1. The van der Waals surface area contributed by atoms with Crippen molar-refractivity contribution in [2.45, 2.75) is 52.4 Å². The molecule has 4 nitrogen and oxygen atoms in total. The SMILES string of the molecule is CC(C)CNC(=O)C=CC=CCCCCCCCOc1ccccn1. The van der Waals surface area contributed by atoms with Crippen LogP contribution in [0.1, 0.15) is 52.4 Å². The molecule has 0 saturated heterocycles. The van der Waals surface area contributed by atoms with Crippen LogP contribution in [0.25, 0.3) is 0 Å². The van der Waals surface area contributed by atoms with Gasteiger partial charge in [0.25, 0.3) is 0 Å². The number of amides is 1. The van der Waals surface area contributed by atoms with Crippen LogP contribution in [-0.2, 0) is 4.79 Å². The molecule has 0 spiro atoms. The summed E-state index contributed by atoms with van der Waals surface area (Å²) >= 11 is 0. The van der Waals surface area contributed by atoms with Crippen molar-refractivity contribution >= 4 is 5.91 Å². The standard InChI is InChI=1S/C21H32N2O2/c1-19(2)18-23-20(24)14-10-8-6-4-3-5-7-9-13-17-25-21-15-11-12-16-22-21/h6,8,10-12,14-16,19H,3-5,7,9,13,17-18H2,1-2H3,(H,23,24). The van der Waals surface area contributed by atoms with Gasteiger partial charge in [0, 0.05) is 24.9 Å². The van der Waals surface area contributed by atoms with Crippen LogP contribution in [0.2, 0.25) is 0 Å². The highest BCUT2D eigenvalue weighted by atomic mass is 16.5. The maximum absolute atomic E-state index is 11.5. The second-order valence-electron chi connectivity index (χ2n) is 6.50. The van der Waals surface area contributed by atoms with Gasteiger partial charge in [0.1, 0.15) is 0 Å². The summed E-state index contributed by atoms with van der Waals surface area (Å²) in [7, 11) is 0. The van der Waals surface area contributed by atoms with E-state index in [0.29, 0.717) is 11.8 Å². The molecule has 0 bridgehead atoms. The summed E-state index contributed by atoms with van der Waals surface area (Å²) in [4.78, 5) is 15.6. The largest absolute Gasteiger partial charge is 0.478 e. The van der Waals surface area contributed by atoms with Gasteiger partial charge in [0.05, 0.1) is 6.61 Å². The molecule has 1 aromatic rings. The number of allylic oxidation sites excluding steroid dienone is 3. The first kappa shape index (κ1) is 20.9. The van der Waals surface area contributed by atoms with Gasteiger partial charge in [-0.15, -0.1) is 0 Å². The summed E-state index contributed by atoms with van der Waals surface area (Å²) in [5.74, 6) is 1.17. The minimum absolute atomic E-state index is 0.0220. The van der Waals surface area contributed by atoms with Crippen LogP contribution < -0.4 is 10.1 Å². The molecule has 0 radical (unpaired) electrons. The minimum atomic E-state index is -0.0220. The third-order valence-corrected chi connectivity index (χ3v) is 3.58. The minimum Gasteiger partial charge on any atom is -0.478 e. The molecule has 1 N–H and O–H groups in total. The first-order valence-corrected chi connectivity index (χ1v) is 9.33. The van der Waals surface area contributed by atoms with Crippen LogP contribution in [0.3, 0.4) is 0 Å². The quantitative estimate of drug-likeness (QED) is 0.321. The van der Waals surface area contributed by atoms with Crippen molar-refractivity contribution in [3.8, 4) is 5.88 Å². The van der Waals surface area contributed by atoms with E-state index < -0.39 is 0 Å². The van der Waals surface area contributed by atoms with E-state index >= 15 is 0 Å². The number of unbranched alkanes of at least 4 members (excludes halogenated alkanes) is 5. The molecule has 0 unspecified atom stereocenters. The highest BCUT2D eigenvalue weighted by Crippen LogP contribution is 2.08. The third-order valence-electron chi connectivity index (χ3n) is 3.58. The van der Waals surface area contributed by atoms with E-state index in [4.69, 9.17) is 4.74 Å². The molecular formula is C21H32N2O2. The Kier molecular flexibility index (Phi) is 11.9. The van der Waals surface area contributed by atoms with Gasteiger partial charge < -0.3 is 10.1 Å². The number of hydrogen-bond acceptors (Lipinski definition) is 3. The summed E-state index contributed by atoms with van der Waals surface area (Å²) in [6.45, 7) is 5.62. The van der Waals surface area contributed by atoms with Crippen molar-refractivity contribution in [2.75, 3.05) is 13.2 Å². The third kappa shape index (κ3) is 12.9. The Hall–Kier alpha value is -2.10. The van der Waals surface area contributed by atoms with E-state index in [-0.39, 0.29) is 5.91 Å². The number of carbonyl (C=O) groups excluding carboxylic acids is 1. The van der Waals surface area contributed by atoms with Crippen LogP contribution in [0.5, 0.6) is 5.88 Å². The molecule has 0 atom stereocenters. The molecular weight excluding hydrogens is 312 g/mol. The molecule has 0 aliphatic heterocycles. The highest BCUT2D eigenvalue weighted by Gasteiger charge is 1.96. The van der Waals surface area contributed by atoms with Crippen LogP contribution in [0.4, 0.5) is 0 Å². The van der Waals surface area contributed by atoms with Crippen molar-refractivity contribution in [2.24, 2.45) is 5.92 Å². The fraction of sp³-hybridized carbons (Fsp3) is 0.524. The Labute approximate surface area is 152 Å². The summed E-state index contributed by atoms with van der Waals surface area (Å²) in [6.07, 6.45) is 16.2. The van der Waals surface area contributed by atoms with E-state index in [9.17, 15) is 4.79 Å². The second-order valence-corrected chi connectivity index (χ2v) is 6.50. The number of nitrogens with one attached hydrogen (secondary N) is 1. The average molecular weight is 344 g/mol. The number of hydrogen-bond donors (Lipinski definition) is 1. The molecule has 1 amide bonds. The van der Waals surface area contributed by atoms with Crippen molar-refractivity contribution in [1.82, 2.24) is 10.3 Å². The molecule has 1 rings (SSSR count). The monoisotopic (exact) mass is 344 g/mol. The molecule has 0 aromatic carbocycles. The summed E-state index contributed by atoms with van der Waals surface area (Å²) < 4.78 is 5.57. The number of rotatable bonds is 13. The van der Waals surface area contributed by atoms with Crippen molar-refractivity contribution in [1.29, 1.82) is 0 Å². The Balaban J connectivity index is 1.90. The maximum Gasteiger partial charge on any atom is 0.243 e. The normalized spacial score (nSPS) is 11.5. The van der Waals surface area contributed by atoms with Gasteiger partial charge in [-0.3, -0.25) is 4.79 Å². The molecule has 0 saturated carbocycles. The number of aromatic nitrogens is 1. The van der Waals surface area contributed by atoms with Crippen molar-refractivity contribution < 1.29 is 9.53 Å². The predicted octanol–water partition coefficient (Wildman–Crippen LogP) is 4.69. The summed E-state index contributed by atoms with van der Waals surface area (Å²) in [5.41, 5.74) is 0. The first-order valence-electron chi connectivity index (χ1n) is 9.33. The Morgan fingerprint density at radius 3 is 2.72 bits per heavy atom. The van der Waals surface area contributed by atoms with E-state index in [0.717, 1.165) is 26.0 Å². The average Bonchev–Trinajstić information content (AvgIpc) is 2.61. The van der Waals surface area contributed by atoms with Crippen LogP contribution in [0, 0.1) is 5.92 Å². The van der Waals surface area contributed by atoms with E-state index in [1.54, 1.807) is 12.3 Å². The lowest BCUT2D eigenvalue weighted by Gasteiger charge is -2.04. The fourth-order valence-corrected chi connectivity index (χ4v) is 2.19. The lowest BCUT2D eigenvalue weighted by Crippen LogP contribution is -2.25. The van der Waals surface area contributed by atoms with Gasteiger partial charge in [-0.1, -0.05) is 57.4 Å². The Morgan fingerprint density at radius 1 is 1.16 bits per heavy atom. The molecule has 138 valence electrons. The van der Waals surface area contributed by atoms with Gasteiger partial charge in [0.15, 0.2) is 0 Å². The smallest absolute Gasteiger partial charge is 0.243 e. The molecule has 1 heterocycles. The van der Waals surface area contributed by atoms with E-state index in [1.165, 1.54) is 25.7 Å². The second kappa shape index (κ2) is 14.3. The van der Waals surface area contributed by atoms with E-state index in [1.807, 2.05) is 30.4 Å². The van der Waals surface area contributed by atoms with Crippen LogP contribution in [0.15, 0.2) is 48.7 Å². The van der Waals surface area contributed by atoms with Gasteiger partial charge in [-0.05, 0) is 31.2 Å². The number of nitrogens with zero attached hydrogens (tertiary/aromatic N) is 1. The van der Waals surface area contributed by atoms with Gasteiger partial charge in [0.2, 0.25) is 11.8 Å². The Bertz CT molecular complexity index is 510. The molecule has 1 aromatic heterocycles. The Morgan fingerprint density at radius 2 is 1.96 bits per heavy atom. The van der Waals surface area contributed by atoms with Crippen LogP contribution in [-0.4, -0.2) is 24.0 Å². The maximum atomic E-state index is 11.5. The highest BCUT2D eigenvalue weighted by molar-refractivity contribution is 5.87. The van der Waals surface area contributed by atoms with Gasteiger partial charge >= 0.3 is 0 Å². The molecule has 4 heteroatoms. The molecule has 0 fully saturated rings.